The molecular weight excluding hydrogens is 164 g/mol. The van der Waals surface area contributed by atoms with Crippen LogP contribution in [-0.4, -0.2) is 12.5 Å². The number of nitriles is 1. The fourth-order valence-corrected chi connectivity index (χ4v) is 1.62. The molecule has 0 aromatic heterocycles. The predicted octanol–water partition coefficient (Wildman–Crippen LogP) is 1.21. The number of carbonyl (C=O) groups excluding carboxylic acids is 1. The minimum absolute atomic E-state index is 0.0399. The molecule has 13 heavy (non-hydrogen) atoms. The highest BCUT2D eigenvalue weighted by Gasteiger charge is 2.50. The molecule has 2 aliphatic rings. The Hall–Kier alpha value is -1.04. The number of hydrogen-bond acceptors (Lipinski definition) is 2. The molecule has 2 rings (SSSR count). The van der Waals surface area contributed by atoms with Gasteiger partial charge in [-0.3, -0.25) is 4.79 Å². The summed E-state index contributed by atoms with van der Waals surface area (Å²) in [4.78, 5) is 11.5. The van der Waals surface area contributed by atoms with Gasteiger partial charge in [0, 0.05) is 6.54 Å². The Kier molecular flexibility index (Phi) is 1.99. The number of carbonyl (C=O) groups is 1. The molecule has 0 aliphatic heterocycles. The van der Waals surface area contributed by atoms with Crippen LogP contribution in [0.3, 0.4) is 0 Å². The molecule has 3 heteroatoms. The Morgan fingerprint density at radius 3 is 2.62 bits per heavy atom. The van der Waals surface area contributed by atoms with Gasteiger partial charge < -0.3 is 5.32 Å². The number of amides is 1. The van der Waals surface area contributed by atoms with E-state index >= 15 is 0 Å². The Morgan fingerprint density at radius 1 is 1.54 bits per heavy atom. The maximum absolute atomic E-state index is 11.5. The summed E-state index contributed by atoms with van der Waals surface area (Å²) >= 11 is 0. The molecule has 2 fully saturated rings. The van der Waals surface area contributed by atoms with E-state index in [4.69, 9.17) is 5.26 Å². The SMILES string of the molecule is N#CC1(C(=O)NCC2CCC2)CC1. The van der Waals surface area contributed by atoms with Crippen LogP contribution in [0.5, 0.6) is 0 Å². The van der Waals surface area contributed by atoms with Crippen LogP contribution < -0.4 is 5.32 Å². The fraction of sp³-hybridized carbons (Fsp3) is 0.800. The van der Waals surface area contributed by atoms with Gasteiger partial charge in [0.25, 0.3) is 0 Å². The van der Waals surface area contributed by atoms with E-state index < -0.39 is 5.41 Å². The Labute approximate surface area is 78.1 Å². The first-order chi connectivity index (χ1) is 6.27. The molecule has 0 heterocycles. The second-order valence-electron chi connectivity index (χ2n) is 4.20. The van der Waals surface area contributed by atoms with E-state index in [0.29, 0.717) is 5.92 Å². The predicted molar refractivity (Wildman–Crippen MR) is 47.6 cm³/mol. The molecule has 0 radical (unpaired) electrons. The van der Waals surface area contributed by atoms with Crippen molar-refractivity contribution < 1.29 is 4.79 Å². The molecule has 0 aromatic carbocycles. The van der Waals surface area contributed by atoms with Crippen molar-refractivity contribution in [3.8, 4) is 6.07 Å². The van der Waals surface area contributed by atoms with Crippen LogP contribution in [0, 0.1) is 22.7 Å². The Balaban J connectivity index is 1.75. The van der Waals surface area contributed by atoms with Crippen molar-refractivity contribution in [2.45, 2.75) is 32.1 Å². The maximum atomic E-state index is 11.5. The summed E-state index contributed by atoms with van der Waals surface area (Å²) in [6.07, 6.45) is 5.27. The van der Waals surface area contributed by atoms with E-state index in [9.17, 15) is 4.79 Å². The van der Waals surface area contributed by atoms with Crippen molar-refractivity contribution in [3.63, 3.8) is 0 Å². The third kappa shape index (κ3) is 1.53. The zero-order chi connectivity index (χ0) is 9.31. The molecule has 70 valence electrons. The van der Waals surface area contributed by atoms with Crippen molar-refractivity contribution in [2.75, 3.05) is 6.54 Å². The second-order valence-corrected chi connectivity index (χ2v) is 4.20. The van der Waals surface area contributed by atoms with Crippen LogP contribution in [-0.2, 0) is 4.79 Å². The lowest BCUT2D eigenvalue weighted by Gasteiger charge is -2.25. The number of hydrogen-bond donors (Lipinski definition) is 1. The molecule has 0 spiro atoms. The van der Waals surface area contributed by atoms with E-state index in [1.165, 1.54) is 19.3 Å². The molecule has 1 amide bonds. The molecule has 1 N–H and O–H groups in total. The average Bonchev–Trinajstić information content (AvgIpc) is 2.81. The van der Waals surface area contributed by atoms with E-state index in [1.807, 2.05) is 0 Å². The van der Waals surface area contributed by atoms with E-state index in [2.05, 4.69) is 11.4 Å². The molecule has 3 nitrogen and oxygen atoms in total. The van der Waals surface area contributed by atoms with Gasteiger partial charge in [-0.1, -0.05) is 6.42 Å². The molecule has 0 unspecified atom stereocenters. The van der Waals surface area contributed by atoms with E-state index in [-0.39, 0.29) is 5.91 Å². The monoisotopic (exact) mass is 178 g/mol. The minimum atomic E-state index is -0.635. The third-order valence-electron chi connectivity index (χ3n) is 3.17. The highest BCUT2D eigenvalue weighted by molar-refractivity contribution is 5.88. The summed E-state index contributed by atoms with van der Waals surface area (Å²) in [6.45, 7) is 0.780. The topological polar surface area (TPSA) is 52.9 Å². The van der Waals surface area contributed by atoms with Crippen molar-refractivity contribution in [2.24, 2.45) is 11.3 Å². The van der Waals surface area contributed by atoms with E-state index in [0.717, 1.165) is 19.4 Å². The van der Waals surface area contributed by atoms with Gasteiger partial charge in [-0.15, -0.1) is 0 Å². The lowest BCUT2D eigenvalue weighted by Crippen LogP contribution is -2.36. The van der Waals surface area contributed by atoms with Gasteiger partial charge in [-0.25, -0.2) is 0 Å². The summed E-state index contributed by atoms with van der Waals surface area (Å²) in [5, 5.41) is 11.6. The number of nitrogens with one attached hydrogen (secondary N) is 1. The fourth-order valence-electron chi connectivity index (χ4n) is 1.62. The minimum Gasteiger partial charge on any atom is -0.354 e. The largest absolute Gasteiger partial charge is 0.354 e. The summed E-state index contributed by atoms with van der Waals surface area (Å²) < 4.78 is 0. The van der Waals surface area contributed by atoms with Gasteiger partial charge >= 0.3 is 0 Å². The molecule has 0 saturated heterocycles. The zero-order valence-corrected chi connectivity index (χ0v) is 7.68. The molecule has 2 saturated carbocycles. The van der Waals surface area contributed by atoms with Gasteiger partial charge in [0.15, 0.2) is 0 Å². The molecule has 2 aliphatic carbocycles. The molecule has 0 aromatic rings. The summed E-state index contributed by atoms with van der Waals surface area (Å²) in [6, 6.07) is 2.10. The first kappa shape index (κ1) is 8.55. The highest BCUT2D eigenvalue weighted by Crippen LogP contribution is 2.45. The summed E-state index contributed by atoms with van der Waals surface area (Å²) in [5.41, 5.74) is -0.635. The summed E-state index contributed by atoms with van der Waals surface area (Å²) in [5.74, 6) is 0.639. The average molecular weight is 178 g/mol. The molecule has 0 atom stereocenters. The van der Waals surface area contributed by atoms with Gasteiger partial charge in [0.1, 0.15) is 5.41 Å². The lowest BCUT2D eigenvalue weighted by atomic mass is 9.85. The zero-order valence-electron chi connectivity index (χ0n) is 7.68. The van der Waals surface area contributed by atoms with Crippen LogP contribution in [0.15, 0.2) is 0 Å². The van der Waals surface area contributed by atoms with Crippen molar-refractivity contribution in [1.82, 2.24) is 5.32 Å². The Bertz CT molecular complexity index is 259. The van der Waals surface area contributed by atoms with Crippen LogP contribution in [0.2, 0.25) is 0 Å². The van der Waals surface area contributed by atoms with Crippen molar-refractivity contribution >= 4 is 5.91 Å². The van der Waals surface area contributed by atoms with Gasteiger partial charge in [-0.2, -0.15) is 5.26 Å². The van der Waals surface area contributed by atoms with Gasteiger partial charge in [0.05, 0.1) is 6.07 Å². The number of rotatable bonds is 3. The normalized spacial score (nSPS) is 24.2. The highest BCUT2D eigenvalue weighted by atomic mass is 16.2. The van der Waals surface area contributed by atoms with Gasteiger partial charge in [-0.05, 0) is 31.6 Å². The van der Waals surface area contributed by atoms with Gasteiger partial charge in [0.2, 0.25) is 5.91 Å². The van der Waals surface area contributed by atoms with E-state index in [1.54, 1.807) is 0 Å². The Morgan fingerprint density at radius 2 is 2.23 bits per heavy atom. The first-order valence-corrected chi connectivity index (χ1v) is 4.96. The van der Waals surface area contributed by atoms with Crippen LogP contribution >= 0.6 is 0 Å². The van der Waals surface area contributed by atoms with Crippen molar-refractivity contribution in [1.29, 1.82) is 5.26 Å². The van der Waals surface area contributed by atoms with Crippen LogP contribution in [0.4, 0.5) is 0 Å². The quantitative estimate of drug-likeness (QED) is 0.706. The third-order valence-corrected chi connectivity index (χ3v) is 3.17. The second kappa shape index (κ2) is 3.02. The standard InChI is InChI=1S/C10H14N2O/c11-7-10(4-5-10)9(13)12-6-8-2-1-3-8/h8H,1-6H2,(H,12,13). The first-order valence-electron chi connectivity index (χ1n) is 4.96. The maximum Gasteiger partial charge on any atom is 0.240 e. The molecular formula is C10H14N2O. The lowest BCUT2D eigenvalue weighted by molar-refractivity contribution is -0.124. The number of nitrogens with zero attached hydrogens (tertiary/aromatic N) is 1. The van der Waals surface area contributed by atoms with Crippen LogP contribution in [0.1, 0.15) is 32.1 Å². The summed E-state index contributed by atoms with van der Waals surface area (Å²) in [7, 11) is 0. The molecule has 0 bridgehead atoms. The smallest absolute Gasteiger partial charge is 0.240 e. The van der Waals surface area contributed by atoms with Crippen LogP contribution in [0.25, 0.3) is 0 Å². The van der Waals surface area contributed by atoms with Crippen molar-refractivity contribution in [3.05, 3.63) is 0 Å².